The molecule has 0 spiro atoms. The highest BCUT2D eigenvalue weighted by Gasteiger charge is 1.97. The van der Waals surface area contributed by atoms with E-state index in [0.717, 1.165) is 0 Å². The fraction of sp³-hybridized carbons (Fsp3) is 1.00. The van der Waals surface area contributed by atoms with Gasteiger partial charge in [-0.05, 0) is 20.8 Å². The number of hydrogen-bond acceptors (Lipinski definition) is 3. The SMILES string of the molecule is CC(C)(C)O.Cl.NO. The number of halogens is 1. The van der Waals surface area contributed by atoms with Gasteiger partial charge in [-0.25, -0.2) is 5.90 Å². The van der Waals surface area contributed by atoms with Gasteiger partial charge < -0.3 is 10.3 Å². The van der Waals surface area contributed by atoms with E-state index < -0.39 is 5.60 Å². The molecular weight excluding hydrogens is 130 g/mol. The first-order valence-electron chi connectivity index (χ1n) is 1.98. The van der Waals surface area contributed by atoms with Gasteiger partial charge in [0.15, 0.2) is 0 Å². The molecule has 0 bridgehead atoms. The highest BCUT2D eigenvalue weighted by atomic mass is 35.5. The molecule has 0 amide bonds. The van der Waals surface area contributed by atoms with E-state index in [1.807, 2.05) is 0 Å². The molecule has 0 unspecified atom stereocenters. The summed E-state index contributed by atoms with van der Waals surface area (Å²) in [4.78, 5) is 0. The minimum Gasteiger partial charge on any atom is -0.391 e. The molecule has 0 aliphatic carbocycles. The van der Waals surface area contributed by atoms with Crippen LogP contribution in [0.4, 0.5) is 0 Å². The summed E-state index contributed by atoms with van der Waals surface area (Å²) in [7, 11) is 0. The average molecular weight is 144 g/mol. The zero-order chi connectivity index (χ0) is 6.50. The van der Waals surface area contributed by atoms with Crippen molar-refractivity contribution in [2.75, 3.05) is 0 Å². The molecule has 0 atom stereocenters. The van der Waals surface area contributed by atoms with Crippen molar-refractivity contribution in [3.8, 4) is 0 Å². The van der Waals surface area contributed by atoms with Gasteiger partial charge in [-0.2, -0.15) is 0 Å². The van der Waals surface area contributed by atoms with E-state index in [4.69, 9.17) is 10.3 Å². The lowest BCUT2D eigenvalue weighted by atomic mass is 10.2. The zero-order valence-electron chi connectivity index (χ0n) is 5.38. The fourth-order valence-electron chi connectivity index (χ4n) is 0. The number of hydrogen-bond donors (Lipinski definition) is 3. The first-order chi connectivity index (χ1) is 3.00. The Morgan fingerprint density at radius 1 is 1.12 bits per heavy atom. The van der Waals surface area contributed by atoms with Crippen molar-refractivity contribution in [3.05, 3.63) is 0 Å². The lowest BCUT2D eigenvalue weighted by Gasteiger charge is -2.04. The molecule has 0 aliphatic rings. The van der Waals surface area contributed by atoms with Gasteiger partial charge in [0.25, 0.3) is 0 Å². The van der Waals surface area contributed by atoms with Crippen LogP contribution in [0.3, 0.4) is 0 Å². The van der Waals surface area contributed by atoms with Crippen LogP contribution in [0.25, 0.3) is 0 Å². The standard InChI is InChI=1S/C4H10O.ClH.H3NO/c1-4(2,3)5;;1-2/h5H,1-3H3;1H;2H,1H2. The maximum atomic E-state index is 8.52. The van der Waals surface area contributed by atoms with Crippen LogP contribution in [0, 0.1) is 0 Å². The van der Waals surface area contributed by atoms with E-state index in [1.54, 1.807) is 20.8 Å². The molecule has 0 aromatic rings. The van der Waals surface area contributed by atoms with E-state index in [0.29, 0.717) is 0 Å². The van der Waals surface area contributed by atoms with Gasteiger partial charge >= 0.3 is 0 Å². The van der Waals surface area contributed by atoms with E-state index in [-0.39, 0.29) is 12.4 Å². The summed E-state index contributed by atoms with van der Waals surface area (Å²) in [6.07, 6.45) is 0. The largest absolute Gasteiger partial charge is 0.391 e. The van der Waals surface area contributed by atoms with Crippen molar-refractivity contribution in [1.82, 2.24) is 0 Å². The Bertz CT molecular complexity index is 29.5. The third kappa shape index (κ3) is 5710. The molecule has 0 saturated carbocycles. The van der Waals surface area contributed by atoms with Crippen LogP contribution in [0.15, 0.2) is 0 Å². The number of rotatable bonds is 0. The maximum absolute atomic E-state index is 8.52. The van der Waals surface area contributed by atoms with Crippen molar-refractivity contribution in [2.45, 2.75) is 26.4 Å². The predicted molar refractivity (Wildman–Crippen MR) is 35.2 cm³/mol. The highest BCUT2D eigenvalue weighted by molar-refractivity contribution is 5.85. The van der Waals surface area contributed by atoms with Crippen LogP contribution < -0.4 is 5.90 Å². The summed E-state index contributed by atoms with van der Waals surface area (Å²) in [5.74, 6) is 3.50. The number of aliphatic hydroxyl groups is 1. The average Bonchev–Trinajstić information content (AvgIpc) is 1.36. The quantitative estimate of drug-likeness (QED) is 0.434. The Labute approximate surface area is 55.9 Å². The molecular formula is C4H14ClNO2. The summed E-state index contributed by atoms with van der Waals surface area (Å²) in [5.41, 5.74) is -0.500. The van der Waals surface area contributed by atoms with Crippen LogP contribution >= 0.6 is 12.4 Å². The molecule has 0 radical (unpaired) electrons. The van der Waals surface area contributed by atoms with Gasteiger partial charge in [0.1, 0.15) is 0 Å². The number of nitrogens with two attached hydrogens (primary N) is 1. The van der Waals surface area contributed by atoms with Crippen molar-refractivity contribution in [2.24, 2.45) is 5.90 Å². The smallest absolute Gasteiger partial charge is 0.0563 e. The maximum Gasteiger partial charge on any atom is 0.0563 e. The molecule has 4 heteroatoms. The Morgan fingerprint density at radius 3 is 1.12 bits per heavy atom. The van der Waals surface area contributed by atoms with Gasteiger partial charge in [-0.15, -0.1) is 12.4 Å². The Hall–Kier alpha value is 0.170. The molecule has 0 aromatic carbocycles. The minimum atomic E-state index is -0.500. The Morgan fingerprint density at radius 2 is 1.12 bits per heavy atom. The molecule has 3 nitrogen and oxygen atoms in total. The Kier molecular flexibility index (Phi) is 14.1. The summed E-state index contributed by atoms with van der Waals surface area (Å²) >= 11 is 0. The van der Waals surface area contributed by atoms with E-state index in [2.05, 4.69) is 5.90 Å². The second kappa shape index (κ2) is 7.17. The summed E-state index contributed by atoms with van der Waals surface area (Å²) in [6, 6.07) is 0. The van der Waals surface area contributed by atoms with Gasteiger partial charge in [-0.1, -0.05) is 0 Å². The highest BCUT2D eigenvalue weighted by Crippen LogP contribution is 1.93. The zero-order valence-corrected chi connectivity index (χ0v) is 6.20. The lowest BCUT2D eigenvalue weighted by Crippen LogP contribution is -2.10. The topological polar surface area (TPSA) is 66.5 Å². The second-order valence-corrected chi connectivity index (χ2v) is 2.17. The second-order valence-electron chi connectivity index (χ2n) is 2.17. The molecule has 0 aromatic heterocycles. The molecule has 8 heavy (non-hydrogen) atoms. The molecule has 0 fully saturated rings. The summed E-state index contributed by atoms with van der Waals surface area (Å²) < 4.78 is 0. The summed E-state index contributed by atoms with van der Waals surface area (Å²) in [5, 5.41) is 15.0. The monoisotopic (exact) mass is 143 g/mol. The normalized spacial score (nSPS) is 8.25. The van der Waals surface area contributed by atoms with E-state index in [1.165, 1.54) is 0 Å². The first kappa shape index (κ1) is 15.7. The van der Waals surface area contributed by atoms with Crippen molar-refractivity contribution in [1.29, 1.82) is 0 Å². The molecule has 54 valence electrons. The molecule has 0 aliphatic heterocycles. The minimum absolute atomic E-state index is 0. The van der Waals surface area contributed by atoms with Crippen LogP contribution in [0.1, 0.15) is 20.8 Å². The van der Waals surface area contributed by atoms with Crippen LogP contribution in [0.2, 0.25) is 0 Å². The van der Waals surface area contributed by atoms with Crippen molar-refractivity contribution in [3.63, 3.8) is 0 Å². The molecule has 4 N–H and O–H groups in total. The molecule has 0 rings (SSSR count). The van der Waals surface area contributed by atoms with E-state index >= 15 is 0 Å². The third-order valence-electron chi connectivity index (χ3n) is 0. The predicted octanol–water partition coefficient (Wildman–Crippen LogP) is 0.533. The van der Waals surface area contributed by atoms with Crippen LogP contribution in [0.5, 0.6) is 0 Å². The Balaban J connectivity index is -0.0000000750. The third-order valence-corrected chi connectivity index (χ3v) is 0. The fourth-order valence-corrected chi connectivity index (χ4v) is 0. The van der Waals surface area contributed by atoms with E-state index in [9.17, 15) is 0 Å². The van der Waals surface area contributed by atoms with Gasteiger partial charge in [0.2, 0.25) is 0 Å². The van der Waals surface area contributed by atoms with Crippen LogP contribution in [-0.2, 0) is 0 Å². The van der Waals surface area contributed by atoms with Gasteiger partial charge in [0, 0.05) is 0 Å². The van der Waals surface area contributed by atoms with Crippen molar-refractivity contribution >= 4 is 12.4 Å². The molecule has 0 heterocycles. The van der Waals surface area contributed by atoms with Crippen LogP contribution in [-0.4, -0.2) is 15.9 Å². The van der Waals surface area contributed by atoms with Gasteiger partial charge in [0.05, 0.1) is 5.60 Å². The lowest BCUT2D eigenvalue weighted by molar-refractivity contribution is 0.102. The van der Waals surface area contributed by atoms with Crippen molar-refractivity contribution < 1.29 is 10.3 Å². The summed E-state index contributed by atoms with van der Waals surface area (Å²) in [6.45, 7) is 5.23. The molecule has 0 saturated heterocycles. The first-order valence-corrected chi connectivity index (χ1v) is 1.98. The van der Waals surface area contributed by atoms with Gasteiger partial charge in [-0.3, -0.25) is 0 Å².